The van der Waals surface area contributed by atoms with Gasteiger partial charge in [-0.15, -0.1) is 0 Å². The summed E-state index contributed by atoms with van der Waals surface area (Å²) in [6, 6.07) is -0.356. The van der Waals surface area contributed by atoms with Crippen LogP contribution in [0.4, 0.5) is 0 Å². The zero-order valence-corrected chi connectivity index (χ0v) is 9.54. The third kappa shape index (κ3) is 2.12. The van der Waals surface area contributed by atoms with Crippen LogP contribution < -0.4 is 11.1 Å². The van der Waals surface area contributed by atoms with E-state index >= 15 is 0 Å². The van der Waals surface area contributed by atoms with Gasteiger partial charge in [0.25, 0.3) is 0 Å². The maximum absolute atomic E-state index is 11.7. The molecule has 3 N–H and O–H groups in total. The fraction of sp³-hybridized carbons (Fsp3) is 0.800. The first-order valence-electron chi connectivity index (χ1n) is 5.25. The minimum atomic E-state index is -0.659. The van der Waals surface area contributed by atoms with Crippen LogP contribution in [0.25, 0.3) is 0 Å². The molecular formula is C10H19N3O2. The van der Waals surface area contributed by atoms with E-state index in [9.17, 15) is 9.59 Å². The summed E-state index contributed by atoms with van der Waals surface area (Å²) in [4.78, 5) is 24.8. The van der Waals surface area contributed by atoms with Crippen molar-refractivity contribution in [1.82, 2.24) is 10.2 Å². The van der Waals surface area contributed by atoms with Gasteiger partial charge in [0, 0.05) is 13.1 Å². The van der Waals surface area contributed by atoms with Gasteiger partial charge in [-0.25, -0.2) is 0 Å². The van der Waals surface area contributed by atoms with E-state index in [2.05, 4.69) is 5.32 Å². The van der Waals surface area contributed by atoms with Crippen LogP contribution in [0, 0.1) is 0 Å². The van der Waals surface area contributed by atoms with Gasteiger partial charge in [-0.05, 0) is 20.3 Å². The summed E-state index contributed by atoms with van der Waals surface area (Å²) in [6.07, 6.45) is 0.631. The van der Waals surface area contributed by atoms with E-state index in [0.717, 1.165) is 0 Å². The van der Waals surface area contributed by atoms with Crippen molar-refractivity contribution in [2.24, 2.45) is 5.73 Å². The average Bonchev–Trinajstić information content (AvgIpc) is 2.13. The van der Waals surface area contributed by atoms with E-state index < -0.39 is 5.54 Å². The van der Waals surface area contributed by atoms with Gasteiger partial charge >= 0.3 is 0 Å². The maximum atomic E-state index is 11.7. The summed E-state index contributed by atoms with van der Waals surface area (Å²) in [7, 11) is 0. The molecule has 1 fully saturated rings. The smallest absolute Gasteiger partial charge is 0.240 e. The molecule has 1 aliphatic heterocycles. The molecule has 0 aromatic carbocycles. The van der Waals surface area contributed by atoms with Gasteiger partial charge in [0.2, 0.25) is 11.8 Å². The van der Waals surface area contributed by atoms with E-state index in [-0.39, 0.29) is 17.9 Å². The average molecular weight is 213 g/mol. The monoisotopic (exact) mass is 213 g/mol. The Morgan fingerprint density at radius 1 is 1.67 bits per heavy atom. The number of carbonyl (C=O) groups is 2. The molecule has 1 saturated heterocycles. The first-order valence-corrected chi connectivity index (χ1v) is 5.25. The lowest BCUT2D eigenvalue weighted by atomic mass is 9.95. The second-order valence-electron chi connectivity index (χ2n) is 4.33. The number of nitrogens with zero attached hydrogens (tertiary/aromatic N) is 1. The molecule has 0 aliphatic carbocycles. The summed E-state index contributed by atoms with van der Waals surface area (Å²) >= 11 is 0. The van der Waals surface area contributed by atoms with E-state index in [1.165, 1.54) is 0 Å². The van der Waals surface area contributed by atoms with Crippen molar-refractivity contribution in [3.8, 4) is 0 Å². The number of nitrogens with one attached hydrogen (secondary N) is 1. The fourth-order valence-corrected chi connectivity index (χ4v) is 2.04. The Morgan fingerprint density at radius 3 is 2.73 bits per heavy atom. The standard InChI is InChI=1S/C10H19N3O2/c1-4-7(8(11)14)13-6-5-12-9(15)10(13,2)3/h7H,4-6H2,1-3H3,(H2,11,14)(H,12,15). The van der Waals surface area contributed by atoms with Crippen molar-refractivity contribution < 1.29 is 9.59 Å². The molecule has 2 amide bonds. The lowest BCUT2D eigenvalue weighted by Crippen LogP contribution is -2.66. The minimum Gasteiger partial charge on any atom is -0.368 e. The normalized spacial score (nSPS) is 23.3. The zero-order valence-electron chi connectivity index (χ0n) is 9.54. The van der Waals surface area contributed by atoms with Crippen LogP contribution in [0.2, 0.25) is 0 Å². The maximum Gasteiger partial charge on any atom is 0.240 e. The summed E-state index contributed by atoms with van der Waals surface area (Å²) in [5, 5.41) is 2.79. The Balaban J connectivity index is 2.91. The van der Waals surface area contributed by atoms with E-state index in [0.29, 0.717) is 19.5 Å². The number of amides is 2. The molecule has 5 heteroatoms. The Kier molecular flexibility index (Phi) is 3.34. The summed E-state index contributed by atoms with van der Waals surface area (Å²) in [5.74, 6) is -0.409. The zero-order chi connectivity index (χ0) is 11.6. The Bertz CT molecular complexity index is 276. The van der Waals surface area contributed by atoms with E-state index in [1.54, 1.807) is 0 Å². The van der Waals surface area contributed by atoms with E-state index in [4.69, 9.17) is 5.73 Å². The molecule has 0 spiro atoms. The molecule has 0 aromatic heterocycles. The number of carbonyl (C=O) groups excluding carboxylic acids is 2. The molecule has 86 valence electrons. The topological polar surface area (TPSA) is 75.4 Å². The molecule has 1 heterocycles. The lowest BCUT2D eigenvalue weighted by molar-refractivity contribution is -0.140. The summed E-state index contributed by atoms with van der Waals surface area (Å²) in [5.41, 5.74) is 4.67. The molecular weight excluding hydrogens is 194 g/mol. The lowest BCUT2D eigenvalue weighted by Gasteiger charge is -2.44. The highest BCUT2D eigenvalue weighted by atomic mass is 16.2. The van der Waals surface area contributed by atoms with Crippen LogP contribution in [0.15, 0.2) is 0 Å². The van der Waals surface area contributed by atoms with Crippen molar-refractivity contribution in [1.29, 1.82) is 0 Å². The molecule has 1 aliphatic rings. The minimum absolute atomic E-state index is 0.0477. The number of rotatable bonds is 3. The number of nitrogens with two attached hydrogens (primary N) is 1. The number of hydrogen-bond donors (Lipinski definition) is 2. The molecule has 1 unspecified atom stereocenters. The molecule has 5 nitrogen and oxygen atoms in total. The van der Waals surface area contributed by atoms with Gasteiger partial charge in [-0.2, -0.15) is 0 Å². The van der Waals surface area contributed by atoms with Crippen LogP contribution in [0.5, 0.6) is 0 Å². The van der Waals surface area contributed by atoms with Crippen molar-refractivity contribution in [3.05, 3.63) is 0 Å². The van der Waals surface area contributed by atoms with Crippen LogP contribution in [-0.4, -0.2) is 41.4 Å². The van der Waals surface area contributed by atoms with Crippen molar-refractivity contribution >= 4 is 11.8 Å². The second kappa shape index (κ2) is 4.18. The molecule has 0 bridgehead atoms. The molecule has 1 rings (SSSR count). The SMILES string of the molecule is CCC(C(N)=O)N1CCNC(=O)C1(C)C. The van der Waals surface area contributed by atoms with Gasteiger partial charge in [0.1, 0.15) is 0 Å². The third-order valence-electron chi connectivity index (χ3n) is 3.00. The van der Waals surface area contributed by atoms with Crippen LogP contribution in [0.1, 0.15) is 27.2 Å². The first-order chi connectivity index (χ1) is 6.91. The Hall–Kier alpha value is -1.10. The molecule has 1 atom stereocenters. The van der Waals surface area contributed by atoms with Gasteiger partial charge in [0.05, 0.1) is 11.6 Å². The third-order valence-corrected chi connectivity index (χ3v) is 3.00. The molecule has 0 saturated carbocycles. The fourth-order valence-electron chi connectivity index (χ4n) is 2.04. The highest BCUT2D eigenvalue weighted by Crippen LogP contribution is 2.21. The molecule has 0 radical (unpaired) electrons. The summed E-state index contributed by atoms with van der Waals surface area (Å²) < 4.78 is 0. The Morgan fingerprint density at radius 2 is 2.27 bits per heavy atom. The number of hydrogen-bond acceptors (Lipinski definition) is 3. The van der Waals surface area contributed by atoms with Gasteiger partial charge in [0.15, 0.2) is 0 Å². The largest absolute Gasteiger partial charge is 0.368 e. The number of piperazine rings is 1. The molecule has 15 heavy (non-hydrogen) atoms. The van der Waals surface area contributed by atoms with Crippen LogP contribution in [0.3, 0.4) is 0 Å². The van der Waals surface area contributed by atoms with Gasteiger partial charge in [-0.1, -0.05) is 6.92 Å². The van der Waals surface area contributed by atoms with Crippen molar-refractivity contribution in [2.45, 2.75) is 38.8 Å². The van der Waals surface area contributed by atoms with Crippen LogP contribution in [-0.2, 0) is 9.59 Å². The second-order valence-corrected chi connectivity index (χ2v) is 4.33. The Labute approximate surface area is 90.0 Å². The van der Waals surface area contributed by atoms with Gasteiger partial charge in [-0.3, -0.25) is 14.5 Å². The number of primary amides is 1. The van der Waals surface area contributed by atoms with Crippen molar-refractivity contribution in [2.75, 3.05) is 13.1 Å². The van der Waals surface area contributed by atoms with Crippen molar-refractivity contribution in [3.63, 3.8) is 0 Å². The quantitative estimate of drug-likeness (QED) is 0.661. The van der Waals surface area contributed by atoms with Crippen LogP contribution >= 0.6 is 0 Å². The predicted octanol–water partition coefficient (Wildman–Crippen LogP) is -0.539. The first kappa shape index (κ1) is 12.0. The summed E-state index contributed by atoms with van der Waals surface area (Å²) in [6.45, 7) is 6.77. The predicted molar refractivity (Wildman–Crippen MR) is 57.1 cm³/mol. The van der Waals surface area contributed by atoms with Gasteiger partial charge < -0.3 is 11.1 Å². The molecule has 0 aromatic rings. The highest BCUT2D eigenvalue weighted by Gasteiger charge is 2.42. The highest BCUT2D eigenvalue weighted by molar-refractivity contribution is 5.88. The van der Waals surface area contributed by atoms with E-state index in [1.807, 2.05) is 25.7 Å².